The molecule has 0 unspecified atom stereocenters. The minimum atomic E-state index is -4.48. The largest absolute Gasteiger partial charge is 0.462 e. The van der Waals surface area contributed by atoms with Crippen LogP contribution in [0, 0.1) is 6.92 Å². The van der Waals surface area contributed by atoms with Gasteiger partial charge in [-0.25, -0.2) is 4.79 Å². The number of benzene rings is 2. The normalized spacial score (nSPS) is 11.5. The molecular weight excluding hydrogens is 437 g/mol. The van der Waals surface area contributed by atoms with Gasteiger partial charge in [-0.05, 0) is 59.6 Å². The van der Waals surface area contributed by atoms with E-state index in [1.165, 1.54) is 12.3 Å². The van der Waals surface area contributed by atoms with Crippen LogP contribution < -0.4 is 5.32 Å². The van der Waals surface area contributed by atoms with Crippen LogP contribution in [0.25, 0.3) is 10.9 Å². The van der Waals surface area contributed by atoms with Gasteiger partial charge in [0.1, 0.15) is 5.56 Å². The van der Waals surface area contributed by atoms with E-state index in [9.17, 15) is 18.0 Å². The second-order valence-electron chi connectivity index (χ2n) is 6.11. The predicted octanol–water partition coefficient (Wildman–Crippen LogP) is 6.24. The molecular formula is C20H16BrF3N2O2. The second-order valence-corrected chi connectivity index (χ2v) is 6.96. The molecule has 0 amide bonds. The summed E-state index contributed by atoms with van der Waals surface area (Å²) in [7, 11) is 0. The van der Waals surface area contributed by atoms with Gasteiger partial charge in [0.25, 0.3) is 0 Å². The van der Waals surface area contributed by atoms with Gasteiger partial charge in [0.05, 0.1) is 29.1 Å². The number of carbonyl (C=O) groups excluding carboxylic acids is 1. The summed E-state index contributed by atoms with van der Waals surface area (Å²) in [5, 5.41) is 3.52. The van der Waals surface area contributed by atoms with Gasteiger partial charge in [0.2, 0.25) is 0 Å². The monoisotopic (exact) mass is 452 g/mol. The predicted molar refractivity (Wildman–Crippen MR) is 105 cm³/mol. The summed E-state index contributed by atoms with van der Waals surface area (Å²) in [5.41, 5.74) is 1.47. The molecule has 1 aromatic heterocycles. The van der Waals surface area contributed by atoms with Gasteiger partial charge in [0.15, 0.2) is 0 Å². The topological polar surface area (TPSA) is 51.2 Å². The number of pyridine rings is 1. The number of nitrogens with zero attached hydrogens (tertiary/aromatic N) is 1. The van der Waals surface area contributed by atoms with Crippen molar-refractivity contribution >= 4 is 44.2 Å². The van der Waals surface area contributed by atoms with Crippen LogP contribution in [0.3, 0.4) is 0 Å². The van der Waals surface area contributed by atoms with Gasteiger partial charge < -0.3 is 10.1 Å². The maximum absolute atomic E-state index is 13.0. The Morgan fingerprint density at radius 2 is 1.96 bits per heavy atom. The standard InChI is InChI=1S/C20H16BrF3N2O2/c1-3-28-19(27)14-10-25-17-9-12(20(22,23)24)5-6-13(17)18(14)26-16-7-4-11(2)8-15(16)21/h4-10H,3H2,1-2H3,(H,25,26). The van der Waals surface area contributed by atoms with Gasteiger partial charge in [-0.15, -0.1) is 0 Å². The highest BCUT2D eigenvalue weighted by molar-refractivity contribution is 9.10. The van der Waals surface area contributed by atoms with Crippen LogP contribution in [-0.4, -0.2) is 17.6 Å². The second kappa shape index (κ2) is 7.79. The average molecular weight is 453 g/mol. The Labute approximate surface area is 167 Å². The summed E-state index contributed by atoms with van der Waals surface area (Å²) in [6, 6.07) is 8.80. The summed E-state index contributed by atoms with van der Waals surface area (Å²) < 4.78 is 44.9. The van der Waals surface area contributed by atoms with Crippen LogP contribution in [0.15, 0.2) is 47.1 Å². The number of aryl methyl sites for hydroxylation is 1. The molecule has 2 aromatic carbocycles. The van der Waals surface area contributed by atoms with E-state index in [2.05, 4.69) is 26.2 Å². The number of fused-ring (bicyclic) bond motifs is 1. The first-order chi connectivity index (χ1) is 13.2. The Morgan fingerprint density at radius 1 is 1.21 bits per heavy atom. The van der Waals surface area contributed by atoms with Crippen molar-refractivity contribution in [3.63, 3.8) is 0 Å². The van der Waals surface area contributed by atoms with Crippen LogP contribution in [0.2, 0.25) is 0 Å². The third-order valence-corrected chi connectivity index (χ3v) is 4.73. The minimum absolute atomic E-state index is 0.119. The number of ether oxygens (including phenoxy) is 1. The van der Waals surface area contributed by atoms with Gasteiger partial charge in [-0.1, -0.05) is 12.1 Å². The summed E-state index contributed by atoms with van der Waals surface area (Å²) in [6.07, 6.45) is -3.26. The van der Waals surface area contributed by atoms with E-state index in [-0.39, 0.29) is 17.7 Å². The summed E-state index contributed by atoms with van der Waals surface area (Å²) in [4.78, 5) is 16.4. The van der Waals surface area contributed by atoms with Crippen molar-refractivity contribution in [2.24, 2.45) is 0 Å². The lowest BCUT2D eigenvalue weighted by molar-refractivity contribution is -0.137. The molecule has 0 saturated carbocycles. The van der Waals surface area contributed by atoms with Crippen molar-refractivity contribution in [1.29, 1.82) is 0 Å². The molecule has 28 heavy (non-hydrogen) atoms. The van der Waals surface area contributed by atoms with Crippen LogP contribution in [0.5, 0.6) is 0 Å². The van der Waals surface area contributed by atoms with E-state index in [1.54, 1.807) is 6.92 Å². The average Bonchev–Trinajstić information content (AvgIpc) is 2.63. The quantitative estimate of drug-likeness (QED) is 0.475. The van der Waals surface area contributed by atoms with Crippen molar-refractivity contribution in [2.75, 3.05) is 11.9 Å². The van der Waals surface area contributed by atoms with E-state index < -0.39 is 17.7 Å². The Hall–Kier alpha value is -2.61. The van der Waals surface area contributed by atoms with E-state index in [1.807, 2.05) is 25.1 Å². The Kier molecular flexibility index (Phi) is 5.60. The van der Waals surface area contributed by atoms with Crippen LogP contribution in [0.1, 0.15) is 28.4 Å². The number of halogens is 4. The van der Waals surface area contributed by atoms with E-state index >= 15 is 0 Å². The highest BCUT2D eigenvalue weighted by Gasteiger charge is 2.31. The SMILES string of the molecule is CCOC(=O)c1cnc2cc(C(F)(F)F)ccc2c1Nc1ccc(C)cc1Br. The number of carbonyl (C=O) groups is 1. The van der Waals surface area contributed by atoms with Gasteiger partial charge in [0, 0.05) is 16.1 Å². The number of hydrogen-bond donors (Lipinski definition) is 1. The number of esters is 1. The Bertz CT molecular complexity index is 1050. The van der Waals surface area contributed by atoms with Crippen LogP contribution in [-0.2, 0) is 10.9 Å². The highest BCUT2D eigenvalue weighted by Crippen LogP contribution is 2.36. The van der Waals surface area contributed by atoms with Crippen LogP contribution in [0.4, 0.5) is 24.5 Å². The fourth-order valence-corrected chi connectivity index (χ4v) is 3.32. The maximum Gasteiger partial charge on any atom is 0.416 e. The molecule has 3 rings (SSSR count). The zero-order valence-electron chi connectivity index (χ0n) is 15.0. The molecule has 0 aliphatic rings. The third kappa shape index (κ3) is 4.11. The number of nitrogens with one attached hydrogen (secondary N) is 1. The minimum Gasteiger partial charge on any atom is -0.462 e. The van der Waals surface area contributed by atoms with Crippen molar-refractivity contribution in [3.05, 3.63) is 63.8 Å². The van der Waals surface area contributed by atoms with Gasteiger partial charge >= 0.3 is 12.1 Å². The zero-order chi connectivity index (χ0) is 20.5. The summed E-state index contributed by atoms with van der Waals surface area (Å²) in [6.45, 7) is 3.77. The van der Waals surface area contributed by atoms with Crippen molar-refractivity contribution < 1.29 is 22.7 Å². The molecule has 0 saturated heterocycles. The molecule has 3 aromatic rings. The lowest BCUT2D eigenvalue weighted by Crippen LogP contribution is -2.10. The molecule has 0 aliphatic heterocycles. The molecule has 0 bridgehead atoms. The molecule has 1 heterocycles. The molecule has 0 atom stereocenters. The lowest BCUT2D eigenvalue weighted by Gasteiger charge is -2.16. The molecule has 4 nitrogen and oxygen atoms in total. The first-order valence-corrected chi connectivity index (χ1v) is 9.20. The molecule has 0 fully saturated rings. The molecule has 0 aliphatic carbocycles. The van der Waals surface area contributed by atoms with E-state index in [4.69, 9.17) is 4.74 Å². The Morgan fingerprint density at radius 3 is 2.61 bits per heavy atom. The first-order valence-electron chi connectivity index (χ1n) is 8.41. The highest BCUT2D eigenvalue weighted by atomic mass is 79.9. The number of aromatic nitrogens is 1. The molecule has 1 N–H and O–H groups in total. The van der Waals surface area contributed by atoms with Crippen molar-refractivity contribution in [3.8, 4) is 0 Å². The fourth-order valence-electron chi connectivity index (χ4n) is 2.72. The zero-order valence-corrected chi connectivity index (χ0v) is 16.6. The van der Waals surface area contributed by atoms with Crippen LogP contribution >= 0.6 is 15.9 Å². The fraction of sp³-hybridized carbons (Fsp3) is 0.200. The molecule has 0 radical (unpaired) electrons. The molecule has 146 valence electrons. The first kappa shape index (κ1) is 20.1. The summed E-state index contributed by atoms with van der Waals surface area (Å²) >= 11 is 3.46. The van der Waals surface area contributed by atoms with Crippen molar-refractivity contribution in [1.82, 2.24) is 4.98 Å². The lowest BCUT2D eigenvalue weighted by atomic mass is 10.1. The molecule has 8 heteroatoms. The maximum atomic E-state index is 13.0. The van der Waals surface area contributed by atoms with E-state index in [0.717, 1.165) is 22.2 Å². The Balaban J connectivity index is 2.19. The molecule has 0 spiro atoms. The number of anilines is 2. The number of alkyl halides is 3. The van der Waals surface area contributed by atoms with Gasteiger partial charge in [-0.3, -0.25) is 4.98 Å². The summed E-state index contributed by atoms with van der Waals surface area (Å²) in [5.74, 6) is -0.609. The number of rotatable bonds is 4. The van der Waals surface area contributed by atoms with E-state index in [0.29, 0.717) is 16.8 Å². The van der Waals surface area contributed by atoms with Crippen molar-refractivity contribution in [2.45, 2.75) is 20.0 Å². The smallest absolute Gasteiger partial charge is 0.416 e. The number of hydrogen-bond acceptors (Lipinski definition) is 4. The van der Waals surface area contributed by atoms with Gasteiger partial charge in [-0.2, -0.15) is 13.2 Å². The third-order valence-electron chi connectivity index (χ3n) is 4.08.